The van der Waals surface area contributed by atoms with Crippen molar-refractivity contribution in [3.8, 4) is 11.3 Å². The highest BCUT2D eigenvalue weighted by molar-refractivity contribution is 5.64. The summed E-state index contributed by atoms with van der Waals surface area (Å²) in [6.45, 7) is 3.17. The second-order valence-corrected chi connectivity index (χ2v) is 5.89. The van der Waals surface area contributed by atoms with Gasteiger partial charge >= 0.3 is 0 Å². The van der Waals surface area contributed by atoms with Crippen LogP contribution in [-0.4, -0.2) is 22.4 Å². The number of halogens is 1. The molecule has 1 aromatic carbocycles. The Morgan fingerprint density at radius 2 is 2.05 bits per heavy atom. The van der Waals surface area contributed by atoms with Gasteiger partial charge in [0, 0.05) is 24.2 Å². The van der Waals surface area contributed by atoms with Crippen LogP contribution in [-0.2, 0) is 13.5 Å². The van der Waals surface area contributed by atoms with Crippen LogP contribution in [0.3, 0.4) is 0 Å². The van der Waals surface area contributed by atoms with Gasteiger partial charge in [0.15, 0.2) is 0 Å². The molecule has 1 N–H and O–H groups in total. The average molecular weight is 287 g/mol. The van der Waals surface area contributed by atoms with Gasteiger partial charge in [0.2, 0.25) is 0 Å². The Morgan fingerprint density at radius 1 is 1.29 bits per heavy atom. The molecule has 112 valence electrons. The minimum atomic E-state index is -0.201. The second kappa shape index (κ2) is 5.98. The molecule has 4 heteroatoms. The predicted molar refractivity (Wildman–Crippen MR) is 82.7 cm³/mol. The molecule has 1 atom stereocenters. The summed E-state index contributed by atoms with van der Waals surface area (Å²) >= 11 is 0. The van der Waals surface area contributed by atoms with E-state index in [2.05, 4.69) is 17.3 Å². The molecule has 1 aliphatic heterocycles. The van der Waals surface area contributed by atoms with E-state index >= 15 is 0 Å². The Kier molecular flexibility index (Phi) is 4.06. The molecular formula is C17H22FN3. The molecule has 1 aromatic heterocycles. The van der Waals surface area contributed by atoms with Gasteiger partial charge in [0.25, 0.3) is 0 Å². The number of piperidine rings is 1. The first-order valence-corrected chi connectivity index (χ1v) is 7.67. The molecule has 0 radical (unpaired) electrons. The van der Waals surface area contributed by atoms with Gasteiger partial charge in [0.1, 0.15) is 5.82 Å². The lowest BCUT2D eigenvalue weighted by atomic mass is 9.94. The monoisotopic (exact) mass is 287 g/mol. The Labute approximate surface area is 125 Å². The summed E-state index contributed by atoms with van der Waals surface area (Å²) in [6.07, 6.45) is 4.78. The third-order valence-electron chi connectivity index (χ3n) is 4.33. The third kappa shape index (κ3) is 3.00. The molecule has 0 bridgehead atoms. The minimum Gasteiger partial charge on any atom is -0.314 e. The van der Waals surface area contributed by atoms with E-state index in [4.69, 9.17) is 0 Å². The maximum absolute atomic E-state index is 13.1. The van der Waals surface area contributed by atoms with Crippen LogP contribution in [0.5, 0.6) is 0 Å². The van der Waals surface area contributed by atoms with E-state index in [1.165, 1.54) is 37.0 Å². The highest BCUT2D eigenvalue weighted by atomic mass is 19.1. The molecule has 1 unspecified atom stereocenters. The van der Waals surface area contributed by atoms with Crippen LogP contribution >= 0.6 is 0 Å². The minimum absolute atomic E-state index is 0.201. The van der Waals surface area contributed by atoms with E-state index in [1.54, 1.807) is 0 Å². The first-order chi connectivity index (χ1) is 10.1. The number of rotatable bonds is 3. The number of aryl methyl sites for hydroxylation is 2. The molecule has 3 rings (SSSR count). The standard InChI is InChI=1S/C17H22FN3/c1-12-16(11-15-5-3-4-10-19-15)17(21(2)20-12)13-6-8-14(18)9-7-13/h6-9,15,19H,3-5,10-11H2,1-2H3. The van der Waals surface area contributed by atoms with Crippen LogP contribution in [0.25, 0.3) is 11.3 Å². The normalized spacial score (nSPS) is 18.9. The molecule has 1 aliphatic rings. The summed E-state index contributed by atoms with van der Waals surface area (Å²) in [5, 5.41) is 8.17. The number of hydrogen-bond donors (Lipinski definition) is 1. The van der Waals surface area contributed by atoms with Gasteiger partial charge < -0.3 is 5.32 Å². The average Bonchev–Trinajstić information content (AvgIpc) is 2.76. The smallest absolute Gasteiger partial charge is 0.123 e. The quantitative estimate of drug-likeness (QED) is 0.939. The van der Waals surface area contributed by atoms with E-state index in [0.717, 1.165) is 29.9 Å². The van der Waals surface area contributed by atoms with Crippen LogP contribution in [0.4, 0.5) is 4.39 Å². The van der Waals surface area contributed by atoms with Crippen LogP contribution in [0.1, 0.15) is 30.5 Å². The van der Waals surface area contributed by atoms with Crippen LogP contribution in [0.2, 0.25) is 0 Å². The van der Waals surface area contributed by atoms with Crippen molar-refractivity contribution in [2.75, 3.05) is 6.54 Å². The fourth-order valence-electron chi connectivity index (χ4n) is 3.26. The van der Waals surface area contributed by atoms with Crippen LogP contribution in [0, 0.1) is 12.7 Å². The second-order valence-electron chi connectivity index (χ2n) is 5.89. The molecule has 0 aliphatic carbocycles. The Bertz CT molecular complexity index is 610. The van der Waals surface area contributed by atoms with E-state index < -0.39 is 0 Å². The Balaban J connectivity index is 1.94. The first kappa shape index (κ1) is 14.3. The molecule has 3 nitrogen and oxygen atoms in total. The summed E-state index contributed by atoms with van der Waals surface area (Å²) in [4.78, 5) is 0. The molecule has 0 spiro atoms. The molecule has 0 amide bonds. The summed E-state index contributed by atoms with van der Waals surface area (Å²) in [5.41, 5.74) is 4.50. The summed E-state index contributed by atoms with van der Waals surface area (Å²) < 4.78 is 15.1. The Morgan fingerprint density at radius 3 is 2.71 bits per heavy atom. The van der Waals surface area contributed by atoms with Crippen molar-refractivity contribution in [1.29, 1.82) is 0 Å². The van der Waals surface area contributed by atoms with Crippen molar-refractivity contribution < 1.29 is 4.39 Å². The maximum Gasteiger partial charge on any atom is 0.123 e. The van der Waals surface area contributed by atoms with Crippen molar-refractivity contribution in [3.63, 3.8) is 0 Å². The number of nitrogens with zero attached hydrogens (tertiary/aromatic N) is 2. The largest absolute Gasteiger partial charge is 0.314 e. The van der Waals surface area contributed by atoms with Crippen molar-refractivity contribution in [2.45, 2.75) is 38.6 Å². The predicted octanol–water partition coefficient (Wildman–Crippen LogP) is 3.22. The SMILES string of the molecule is Cc1nn(C)c(-c2ccc(F)cc2)c1CC1CCCCN1. The van der Waals surface area contributed by atoms with E-state index in [1.807, 2.05) is 23.9 Å². The zero-order chi connectivity index (χ0) is 14.8. The van der Waals surface area contributed by atoms with E-state index in [0.29, 0.717) is 6.04 Å². The van der Waals surface area contributed by atoms with Crippen LogP contribution < -0.4 is 5.32 Å². The number of nitrogens with one attached hydrogen (secondary N) is 1. The third-order valence-corrected chi connectivity index (χ3v) is 4.33. The van der Waals surface area contributed by atoms with Crippen molar-refractivity contribution >= 4 is 0 Å². The van der Waals surface area contributed by atoms with Gasteiger partial charge in [-0.3, -0.25) is 4.68 Å². The molecule has 1 saturated heterocycles. The number of benzene rings is 1. The fourth-order valence-corrected chi connectivity index (χ4v) is 3.26. The van der Waals surface area contributed by atoms with Gasteiger partial charge in [-0.05, 0) is 57.0 Å². The fraction of sp³-hybridized carbons (Fsp3) is 0.471. The van der Waals surface area contributed by atoms with E-state index in [-0.39, 0.29) is 5.82 Å². The summed E-state index contributed by atoms with van der Waals surface area (Å²) in [7, 11) is 1.96. The highest BCUT2D eigenvalue weighted by Crippen LogP contribution is 2.28. The summed E-state index contributed by atoms with van der Waals surface area (Å²) in [6, 6.07) is 7.23. The zero-order valence-corrected chi connectivity index (χ0v) is 12.7. The topological polar surface area (TPSA) is 29.9 Å². The van der Waals surface area contributed by atoms with Crippen LogP contribution in [0.15, 0.2) is 24.3 Å². The van der Waals surface area contributed by atoms with Gasteiger partial charge in [-0.1, -0.05) is 6.42 Å². The molecule has 21 heavy (non-hydrogen) atoms. The summed E-state index contributed by atoms with van der Waals surface area (Å²) in [5.74, 6) is -0.201. The molecule has 0 saturated carbocycles. The van der Waals surface area contributed by atoms with Gasteiger partial charge in [-0.25, -0.2) is 4.39 Å². The van der Waals surface area contributed by atoms with Crippen molar-refractivity contribution in [1.82, 2.24) is 15.1 Å². The van der Waals surface area contributed by atoms with Gasteiger partial charge in [0.05, 0.1) is 11.4 Å². The van der Waals surface area contributed by atoms with E-state index in [9.17, 15) is 4.39 Å². The number of hydrogen-bond acceptors (Lipinski definition) is 2. The lowest BCUT2D eigenvalue weighted by molar-refractivity contribution is 0.399. The highest BCUT2D eigenvalue weighted by Gasteiger charge is 2.20. The van der Waals surface area contributed by atoms with Crippen molar-refractivity contribution in [2.24, 2.45) is 7.05 Å². The molecule has 2 heterocycles. The maximum atomic E-state index is 13.1. The number of aromatic nitrogens is 2. The van der Waals surface area contributed by atoms with Crippen molar-refractivity contribution in [3.05, 3.63) is 41.3 Å². The lowest BCUT2D eigenvalue weighted by Crippen LogP contribution is -2.35. The molecular weight excluding hydrogens is 265 g/mol. The van der Waals surface area contributed by atoms with Gasteiger partial charge in [-0.2, -0.15) is 5.10 Å². The molecule has 2 aromatic rings. The first-order valence-electron chi connectivity index (χ1n) is 7.67. The molecule has 1 fully saturated rings. The zero-order valence-electron chi connectivity index (χ0n) is 12.7. The lowest BCUT2D eigenvalue weighted by Gasteiger charge is -2.23. The Hall–Kier alpha value is -1.68. The van der Waals surface area contributed by atoms with Gasteiger partial charge in [-0.15, -0.1) is 0 Å².